The summed E-state index contributed by atoms with van der Waals surface area (Å²) < 4.78 is 0.390. The fraction of sp³-hybridized carbons (Fsp3) is 0.533. The maximum Gasteiger partial charge on any atom is 0.284 e. The molecule has 1 heterocycles. The summed E-state index contributed by atoms with van der Waals surface area (Å²) in [6.45, 7) is 5.86. The first-order valence-corrected chi connectivity index (χ1v) is 7.89. The smallest absolute Gasteiger partial charge is 0.284 e. The number of hydrogen-bond donors (Lipinski definition) is 0. The third-order valence-electron chi connectivity index (χ3n) is 4.50. The van der Waals surface area contributed by atoms with E-state index in [1.165, 1.54) is 6.07 Å². The van der Waals surface area contributed by atoms with Gasteiger partial charge in [0.05, 0.1) is 9.40 Å². The van der Waals surface area contributed by atoms with Gasteiger partial charge >= 0.3 is 0 Å². The number of amides is 1. The molecule has 0 N–H and O–H groups in total. The lowest BCUT2D eigenvalue weighted by Gasteiger charge is -2.38. The summed E-state index contributed by atoms with van der Waals surface area (Å²) in [5, 5.41) is 10.9. The molecule has 0 unspecified atom stereocenters. The molecule has 1 aromatic rings. The van der Waals surface area contributed by atoms with E-state index in [0.29, 0.717) is 28.5 Å². The fourth-order valence-corrected chi connectivity index (χ4v) is 2.96. The van der Waals surface area contributed by atoms with Crippen LogP contribution in [0.2, 0.25) is 0 Å². The van der Waals surface area contributed by atoms with Crippen LogP contribution in [0.15, 0.2) is 22.7 Å². The standard InChI is InChI=1S/C15H19BrN2O3/c1-3-15(2)6-8-17(9-7-15)14(19)11-4-5-12(16)13(10-11)18(20)21/h4-5,10H,3,6-9H2,1-2H3. The van der Waals surface area contributed by atoms with Crippen molar-refractivity contribution in [3.05, 3.63) is 38.3 Å². The first-order chi connectivity index (χ1) is 9.86. The van der Waals surface area contributed by atoms with Crippen LogP contribution in [-0.2, 0) is 0 Å². The van der Waals surface area contributed by atoms with Crippen LogP contribution in [-0.4, -0.2) is 28.8 Å². The molecule has 6 heteroatoms. The van der Waals surface area contributed by atoms with Crippen LogP contribution in [0.25, 0.3) is 0 Å². The molecule has 0 saturated carbocycles. The first kappa shape index (κ1) is 15.9. The van der Waals surface area contributed by atoms with E-state index in [-0.39, 0.29) is 11.6 Å². The minimum atomic E-state index is -0.481. The number of halogens is 1. The summed E-state index contributed by atoms with van der Waals surface area (Å²) in [6.07, 6.45) is 3.07. The molecule has 1 aromatic carbocycles. The van der Waals surface area contributed by atoms with Crippen LogP contribution < -0.4 is 0 Å². The van der Waals surface area contributed by atoms with E-state index in [2.05, 4.69) is 29.8 Å². The van der Waals surface area contributed by atoms with Gasteiger partial charge in [-0.3, -0.25) is 14.9 Å². The van der Waals surface area contributed by atoms with Gasteiger partial charge < -0.3 is 4.90 Å². The van der Waals surface area contributed by atoms with Crippen molar-refractivity contribution >= 4 is 27.5 Å². The van der Waals surface area contributed by atoms with E-state index in [1.54, 1.807) is 17.0 Å². The predicted molar refractivity (Wildman–Crippen MR) is 84.3 cm³/mol. The van der Waals surface area contributed by atoms with Gasteiger partial charge in [0.2, 0.25) is 0 Å². The van der Waals surface area contributed by atoms with Gasteiger partial charge in [-0.2, -0.15) is 0 Å². The quantitative estimate of drug-likeness (QED) is 0.608. The fourth-order valence-electron chi connectivity index (χ4n) is 2.57. The number of nitrogens with zero attached hydrogens (tertiary/aromatic N) is 2. The average molecular weight is 355 g/mol. The maximum absolute atomic E-state index is 12.5. The normalized spacial score (nSPS) is 17.6. The molecule has 0 spiro atoms. The largest absolute Gasteiger partial charge is 0.339 e. The summed E-state index contributed by atoms with van der Waals surface area (Å²) in [5.41, 5.74) is 0.615. The zero-order valence-corrected chi connectivity index (χ0v) is 13.9. The van der Waals surface area contributed by atoms with Gasteiger partial charge in [-0.25, -0.2) is 0 Å². The summed E-state index contributed by atoms with van der Waals surface area (Å²) in [5.74, 6) is -0.122. The van der Waals surface area contributed by atoms with Gasteiger partial charge in [-0.15, -0.1) is 0 Å². The van der Waals surface area contributed by atoms with E-state index in [1.807, 2.05) is 0 Å². The molecular formula is C15H19BrN2O3. The van der Waals surface area contributed by atoms with Crippen LogP contribution in [0.3, 0.4) is 0 Å². The third-order valence-corrected chi connectivity index (χ3v) is 5.17. The van der Waals surface area contributed by atoms with E-state index >= 15 is 0 Å². The lowest BCUT2D eigenvalue weighted by Crippen LogP contribution is -2.41. The van der Waals surface area contributed by atoms with E-state index < -0.39 is 4.92 Å². The first-order valence-electron chi connectivity index (χ1n) is 7.09. The number of carbonyl (C=O) groups excluding carboxylic acids is 1. The minimum Gasteiger partial charge on any atom is -0.339 e. The van der Waals surface area contributed by atoms with Crippen molar-refractivity contribution in [1.29, 1.82) is 0 Å². The molecule has 1 aliphatic rings. The molecule has 1 aliphatic heterocycles. The van der Waals surface area contributed by atoms with Gasteiger partial charge in [0.15, 0.2) is 0 Å². The predicted octanol–water partition coefficient (Wildman–Crippen LogP) is 4.01. The van der Waals surface area contributed by atoms with Crippen molar-refractivity contribution in [2.24, 2.45) is 5.41 Å². The second kappa shape index (κ2) is 6.13. The topological polar surface area (TPSA) is 63.5 Å². The van der Waals surface area contributed by atoms with Crippen LogP contribution in [0.5, 0.6) is 0 Å². The van der Waals surface area contributed by atoms with Crippen molar-refractivity contribution in [2.75, 3.05) is 13.1 Å². The van der Waals surface area contributed by atoms with Gasteiger partial charge in [-0.1, -0.05) is 20.3 Å². The highest BCUT2D eigenvalue weighted by Gasteiger charge is 2.31. The molecule has 0 aromatic heterocycles. The highest BCUT2D eigenvalue weighted by molar-refractivity contribution is 9.10. The van der Waals surface area contributed by atoms with Crippen LogP contribution in [0.1, 0.15) is 43.5 Å². The number of hydrogen-bond acceptors (Lipinski definition) is 3. The lowest BCUT2D eigenvalue weighted by atomic mass is 9.78. The molecule has 1 fully saturated rings. The summed E-state index contributed by atoms with van der Waals surface area (Å²) >= 11 is 3.13. The van der Waals surface area contributed by atoms with Crippen molar-refractivity contribution in [3.8, 4) is 0 Å². The number of piperidine rings is 1. The molecule has 1 saturated heterocycles. The van der Waals surface area contributed by atoms with E-state index in [4.69, 9.17) is 0 Å². The molecule has 0 radical (unpaired) electrons. The number of carbonyl (C=O) groups is 1. The highest BCUT2D eigenvalue weighted by atomic mass is 79.9. The molecular weight excluding hydrogens is 336 g/mol. The summed E-state index contributed by atoms with van der Waals surface area (Å²) in [6, 6.07) is 4.54. The monoisotopic (exact) mass is 354 g/mol. The van der Waals surface area contributed by atoms with Crippen molar-refractivity contribution in [1.82, 2.24) is 4.90 Å². The number of benzene rings is 1. The van der Waals surface area contributed by atoms with Crippen LogP contribution in [0.4, 0.5) is 5.69 Å². The molecule has 5 nitrogen and oxygen atoms in total. The lowest BCUT2D eigenvalue weighted by molar-refractivity contribution is -0.385. The Labute approximate surface area is 132 Å². The van der Waals surface area contributed by atoms with E-state index in [9.17, 15) is 14.9 Å². The number of rotatable bonds is 3. The minimum absolute atomic E-state index is 0.0729. The van der Waals surface area contributed by atoms with Gasteiger partial charge in [-0.05, 0) is 46.3 Å². The van der Waals surface area contributed by atoms with Crippen molar-refractivity contribution < 1.29 is 9.72 Å². The summed E-state index contributed by atoms with van der Waals surface area (Å²) in [7, 11) is 0. The Morgan fingerprint density at radius 3 is 2.57 bits per heavy atom. The Morgan fingerprint density at radius 2 is 2.05 bits per heavy atom. The SMILES string of the molecule is CCC1(C)CCN(C(=O)c2ccc(Br)c([N+](=O)[O-])c2)CC1. The zero-order valence-electron chi connectivity index (χ0n) is 12.3. The Kier molecular flexibility index (Phi) is 4.66. The molecule has 1 amide bonds. The molecule has 0 atom stereocenters. The zero-order chi connectivity index (χ0) is 15.6. The van der Waals surface area contributed by atoms with Crippen LogP contribution >= 0.6 is 15.9 Å². The van der Waals surface area contributed by atoms with Gasteiger partial charge in [0.25, 0.3) is 11.6 Å². The van der Waals surface area contributed by atoms with Gasteiger partial charge in [0, 0.05) is 24.7 Å². The molecule has 21 heavy (non-hydrogen) atoms. The maximum atomic E-state index is 12.5. The number of nitro groups is 1. The highest BCUT2D eigenvalue weighted by Crippen LogP contribution is 2.34. The third kappa shape index (κ3) is 3.43. The Bertz CT molecular complexity index is 566. The van der Waals surface area contributed by atoms with Crippen molar-refractivity contribution in [3.63, 3.8) is 0 Å². The molecule has 114 valence electrons. The summed E-state index contributed by atoms with van der Waals surface area (Å²) in [4.78, 5) is 24.7. The number of nitro benzene ring substituents is 1. The van der Waals surface area contributed by atoms with E-state index in [0.717, 1.165) is 19.3 Å². The Hall–Kier alpha value is -1.43. The molecule has 0 bridgehead atoms. The van der Waals surface area contributed by atoms with Gasteiger partial charge in [0.1, 0.15) is 0 Å². The average Bonchev–Trinajstić information content (AvgIpc) is 2.47. The Morgan fingerprint density at radius 1 is 1.43 bits per heavy atom. The molecule has 2 rings (SSSR count). The Balaban J connectivity index is 2.15. The van der Waals surface area contributed by atoms with Crippen LogP contribution in [0, 0.1) is 15.5 Å². The second-order valence-corrected chi connectivity index (χ2v) is 6.73. The molecule has 0 aliphatic carbocycles. The second-order valence-electron chi connectivity index (χ2n) is 5.88. The number of likely N-dealkylation sites (tertiary alicyclic amines) is 1. The van der Waals surface area contributed by atoms with Crippen molar-refractivity contribution in [2.45, 2.75) is 33.1 Å².